The van der Waals surface area contributed by atoms with Gasteiger partial charge in [0.15, 0.2) is 9.84 Å². The van der Waals surface area contributed by atoms with Crippen LogP contribution in [0.15, 0.2) is 34.9 Å². The van der Waals surface area contributed by atoms with E-state index in [0.29, 0.717) is 23.4 Å². The van der Waals surface area contributed by atoms with Crippen LogP contribution < -0.4 is 5.32 Å². The number of amides is 1. The standard InChI is InChI=1S/C15H16N2O4S/c1-10-13(14(17-21-10)11-5-3-2-4-6-11)15(18)16-12-7-8-22(19,20)9-12/h2-6,12H,7-9H2,1H3,(H,16,18). The van der Waals surface area contributed by atoms with Crippen LogP contribution in [0.1, 0.15) is 22.5 Å². The van der Waals surface area contributed by atoms with E-state index in [9.17, 15) is 13.2 Å². The van der Waals surface area contributed by atoms with Gasteiger partial charge in [0.25, 0.3) is 5.91 Å². The highest BCUT2D eigenvalue weighted by molar-refractivity contribution is 7.91. The van der Waals surface area contributed by atoms with Crippen molar-refractivity contribution in [2.75, 3.05) is 11.5 Å². The van der Waals surface area contributed by atoms with Crippen molar-refractivity contribution in [1.82, 2.24) is 10.5 Å². The highest BCUT2D eigenvalue weighted by Gasteiger charge is 2.31. The van der Waals surface area contributed by atoms with Gasteiger partial charge in [-0.3, -0.25) is 4.79 Å². The number of carbonyl (C=O) groups excluding carboxylic acids is 1. The minimum absolute atomic E-state index is 0.0102. The number of sulfone groups is 1. The Bertz CT molecular complexity index is 796. The fraction of sp³-hybridized carbons (Fsp3) is 0.333. The summed E-state index contributed by atoms with van der Waals surface area (Å²) in [6, 6.07) is 8.91. The molecule has 1 atom stereocenters. The van der Waals surface area contributed by atoms with Crippen LogP contribution in [0.4, 0.5) is 0 Å². The predicted molar refractivity (Wildman–Crippen MR) is 81.2 cm³/mol. The quantitative estimate of drug-likeness (QED) is 0.927. The third-order valence-corrected chi connectivity index (χ3v) is 5.47. The molecule has 1 aliphatic rings. The average molecular weight is 320 g/mol. The van der Waals surface area contributed by atoms with Crippen LogP contribution in [-0.4, -0.2) is 37.0 Å². The lowest BCUT2D eigenvalue weighted by Gasteiger charge is -2.10. The van der Waals surface area contributed by atoms with Gasteiger partial charge in [-0.05, 0) is 13.3 Å². The van der Waals surface area contributed by atoms with Crippen molar-refractivity contribution in [2.24, 2.45) is 0 Å². The number of aryl methyl sites for hydroxylation is 1. The normalized spacial score (nSPS) is 20.0. The number of nitrogens with zero attached hydrogens (tertiary/aromatic N) is 1. The van der Waals surface area contributed by atoms with Crippen LogP contribution in [0.5, 0.6) is 0 Å². The molecule has 1 aromatic carbocycles. The number of carbonyl (C=O) groups is 1. The van der Waals surface area contributed by atoms with Gasteiger partial charge < -0.3 is 9.84 Å². The van der Waals surface area contributed by atoms with E-state index in [2.05, 4.69) is 10.5 Å². The maximum absolute atomic E-state index is 12.5. The van der Waals surface area contributed by atoms with Gasteiger partial charge in [0.05, 0.1) is 11.5 Å². The number of rotatable bonds is 3. The van der Waals surface area contributed by atoms with Crippen LogP contribution in [0, 0.1) is 6.92 Å². The Balaban J connectivity index is 1.86. The average Bonchev–Trinajstić information content (AvgIpc) is 3.02. The van der Waals surface area contributed by atoms with Gasteiger partial charge in [-0.25, -0.2) is 8.42 Å². The lowest BCUT2D eigenvalue weighted by molar-refractivity contribution is 0.0940. The van der Waals surface area contributed by atoms with E-state index in [0.717, 1.165) is 5.56 Å². The Morgan fingerprint density at radius 2 is 2.05 bits per heavy atom. The second kappa shape index (κ2) is 5.57. The maximum Gasteiger partial charge on any atom is 0.257 e. The fourth-order valence-corrected chi connectivity index (χ4v) is 4.27. The van der Waals surface area contributed by atoms with Gasteiger partial charge in [-0.2, -0.15) is 0 Å². The Kier molecular flexibility index (Phi) is 3.74. The molecule has 3 rings (SSSR count). The summed E-state index contributed by atoms with van der Waals surface area (Å²) in [4.78, 5) is 12.5. The summed E-state index contributed by atoms with van der Waals surface area (Å²) in [6.07, 6.45) is 0.444. The molecule has 1 fully saturated rings. The lowest BCUT2D eigenvalue weighted by Crippen LogP contribution is -2.36. The maximum atomic E-state index is 12.5. The van der Waals surface area contributed by atoms with Crippen LogP contribution in [-0.2, 0) is 9.84 Å². The minimum Gasteiger partial charge on any atom is -0.360 e. The first-order valence-corrected chi connectivity index (χ1v) is 8.81. The summed E-state index contributed by atoms with van der Waals surface area (Å²) in [7, 11) is -3.04. The van der Waals surface area contributed by atoms with Gasteiger partial charge in [-0.1, -0.05) is 35.5 Å². The monoisotopic (exact) mass is 320 g/mol. The van der Waals surface area contributed by atoms with Crippen LogP contribution >= 0.6 is 0 Å². The van der Waals surface area contributed by atoms with Gasteiger partial charge in [-0.15, -0.1) is 0 Å². The Labute approximate surface area is 128 Å². The van der Waals surface area contributed by atoms with Gasteiger partial charge in [0, 0.05) is 11.6 Å². The van der Waals surface area contributed by atoms with Gasteiger partial charge in [0.2, 0.25) is 0 Å². The summed E-state index contributed by atoms with van der Waals surface area (Å²) < 4.78 is 28.1. The van der Waals surface area contributed by atoms with E-state index in [1.54, 1.807) is 6.92 Å². The molecule has 2 heterocycles. The Hall–Kier alpha value is -2.15. The van der Waals surface area contributed by atoms with E-state index >= 15 is 0 Å². The minimum atomic E-state index is -3.04. The summed E-state index contributed by atoms with van der Waals surface area (Å²) in [5, 5.41) is 6.73. The lowest BCUT2D eigenvalue weighted by atomic mass is 10.1. The molecule has 7 heteroatoms. The molecular weight excluding hydrogens is 304 g/mol. The third-order valence-electron chi connectivity index (χ3n) is 3.70. The molecule has 1 saturated heterocycles. The molecule has 0 spiro atoms. The van der Waals surface area contributed by atoms with E-state index in [-0.39, 0.29) is 23.5 Å². The zero-order chi connectivity index (χ0) is 15.7. The number of hydrogen-bond donors (Lipinski definition) is 1. The zero-order valence-electron chi connectivity index (χ0n) is 12.1. The molecule has 1 aliphatic heterocycles. The van der Waals surface area contributed by atoms with Crippen LogP contribution in [0.2, 0.25) is 0 Å². The molecule has 6 nitrogen and oxygen atoms in total. The molecule has 0 radical (unpaired) electrons. The molecule has 0 bridgehead atoms. The number of nitrogens with one attached hydrogen (secondary N) is 1. The van der Waals surface area contributed by atoms with E-state index in [1.165, 1.54) is 0 Å². The smallest absolute Gasteiger partial charge is 0.257 e. The molecule has 0 aliphatic carbocycles. The fourth-order valence-electron chi connectivity index (χ4n) is 2.60. The molecule has 1 amide bonds. The first-order valence-electron chi connectivity index (χ1n) is 6.99. The summed E-state index contributed by atoms with van der Waals surface area (Å²) >= 11 is 0. The van der Waals surface area contributed by atoms with E-state index in [1.807, 2.05) is 30.3 Å². The molecule has 1 N–H and O–H groups in total. The molecule has 1 unspecified atom stereocenters. The Morgan fingerprint density at radius 3 is 2.68 bits per heavy atom. The third kappa shape index (κ3) is 2.89. The van der Waals surface area contributed by atoms with Crippen molar-refractivity contribution in [2.45, 2.75) is 19.4 Å². The van der Waals surface area contributed by atoms with E-state index < -0.39 is 9.84 Å². The summed E-state index contributed by atoms with van der Waals surface area (Å²) in [6.45, 7) is 1.67. The summed E-state index contributed by atoms with van der Waals surface area (Å²) in [5.41, 5.74) is 1.61. The molecular formula is C15H16N2O4S. The van der Waals surface area contributed by atoms with Crippen LogP contribution in [0.3, 0.4) is 0 Å². The Morgan fingerprint density at radius 1 is 1.32 bits per heavy atom. The van der Waals surface area contributed by atoms with Crippen molar-refractivity contribution < 1.29 is 17.7 Å². The van der Waals surface area contributed by atoms with Crippen molar-refractivity contribution in [3.8, 4) is 11.3 Å². The van der Waals surface area contributed by atoms with Crippen molar-refractivity contribution in [3.05, 3.63) is 41.7 Å². The molecule has 116 valence electrons. The summed E-state index contributed by atoms with van der Waals surface area (Å²) in [5.74, 6) is 0.174. The van der Waals surface area contributed by atoms with Crippen molar-refractivity contribution in [1.29, 1.82) is 0 Å². The van der Waals surface area contributed by atoms with Crippen molar-refractivity contribution >= 4 is 15.7 Å². The highest BCUT2D eigenvalue weighted by atomic mass is 32.2. The van der Waals surface area contributed by atoms with Crippen LogP contribution in [0.25, 0.3) is 11.3 Å². The molecule has 22 heavy (non-hydrogen) atoms. The number of benzene rings is 1. The number of hydrogen-bond acceptors (Lipinski definition) is 5. The van der Waals surface area contributed by atoms with Gasteiger partial charge in [0.1, 0.15) is 17.0 Å². The largest absolute Gasteiger partial charge is 0.360 e. The first kappa shape index (κ1) is 14.8. The zero-order valence-corrected chi connectivity index (χ0v) is 12.9. The highest BCUT2D eigenvalue weighted by Crippen LogP contribution is 2.25. The topological polar surface area (TPSA) is 89.3 Å². The van der Waals surface area contributed by atoms with Gasteiger partial charge >= 0.3 is 0 Å². The number of aromatic nitrogens is 1. The molecule has 0 saturated carbocycles. The predicted octanol–water partition coefficient (Wildman–Crippen LogP) is 1.57. The molecule has 1 aromatic heterocycles. The second-order valence-electron chi connectivity index (χ2n) is 5.40. The first-order chi connectivity index (χ1) is 10.5. The second-order valence-corrected chi connectivity index (χ2v) is 7.63. The van der Waals surface area contributed by atoms with E-state index in [4.69, 9.17) is 4.52 Å². The molecule has 2 aromatic rings. The SMILES string of the molecule is Cc1onc(-c2ccccc2)c1C(=O)NC1CCS(=O)(=O)C1. The van der Waals surface area contributed by atoms with Crippen molar-refractivity contribution in [3.63, 3.8) is 0 Å².